The number of methoxy groups -OCH3 is 1. The number of para-hydroxylation sites is 1. The highest BCUT2D eigenvalue weighted by Gasteiger charge is 2.22. The lowest BCUT2D eigenvalue weighted by Gasteiger charge is -2.08. The van der Waals surface area contributed by atoms with Gasteiger partial charge in [-0.1, -0.05) is 18.2 Å². The van der Waals surface area contributed by atoms with Crippen molar-refractivity contribution in [3.05, 3.63) is 62.7 Å². The maximum absolute atomic E-state index is 11.1. The molecule has 7 heteroatoms. The summed E-state index contributed by atoms with van der Waals surface area (Å²) in [6.07, 6.45) is 0. The predicted molar refractivity (Wildman–Crippen MR) is 71.7 cm³/mol. The molecule has 2 aromatic carbocycles. The van der Waals surface area contributed by atoms with Crippen LogP contribution < -0.4 is 4.74 Å². The van der Waals surface area contributed by atoms with Gasteiger partial charge in [0.05, 0.1) is 28.6 Å². The Bertz CT molecular complexity index is 684. The van der Waals surface area contributed by atoms with Crippen LogP contribution in [0.3, 0.4) is 0 Å². The number of hydrogen-bond acceptors (Lipinski definition) is 5. The molecule has 102 valence electrons. The van der Waals surface area contributed by atoms with Crippen LogP contribution in [0.1, 0.15) is 0 Å². The van der Waals surface area contributed by atoms with Gasteiger partial charge in [-0.25, -0.2) is 0 Å². The minimum atomic E-state index is -0.668. The van der Waals surface area contributed by atoms with Crippen LogP contribution in [0.2, 0.25) is 0 Å². The third-order valence-corrected chi connectivity index (χ3v) is 2.79. The standard InChI is InChI=1S/C13H10N2O5/c1-20-13-5-3-2-4-11(13)10-7-6-9(14(16)17)8-12(10)15(18)19/h2-8H,1H3. The Labute approximate surface area is 113 Å². The van der Waals surface area contributed by atoms with Gasteiger partial charge in [-0.05, 0) is 12.1 Å². The maximum atomic E-state index is 11.1. The monoisotopic (exact) mass is 274 g/mol. The molecule has 0 saturated heterocycles. The summed E-state index contributed by atoms with van der Waals surface area (Å²) in [5, 5.41) is 21.8. The zero-order valence-electron chi connectivity index (χ0n) is 10.5. The van der Waals surface area contributed by atoms with Gasteiger partial charge in [-0.15, -0.1) is 0 Å². The number of nitrogens with zero attached hydrogens (tertiary/aromatic N) is 2. The second-order valence-electron chi connectivity index (χ2n) is 3.92. The Morgan fingerprint density at radius 3 is 2.25 bits per heavy atom. The number of nitro benzene ring substituents is 2. The Hall–Kier alpha value is -2.96. The van der Waals surface area contributed by atoms with Crippen molar-refractivity contribution in [2.75, 3.05) is 7.11 Å². The van der Waals surface area contributed by atoms with Crippen molar-refractivity contribution < 1.29 is 14.6 Å². The third kappa shape index (κ3) is 2.41. The Balaban J connectivity index is 2.67. The molecule has 0 aliphatic carbocycles. The second kappa shape index (κ2) is 5.35. The van der Waals surface area contributed by atoms with Gasteiger partial charge < -0.3 is 4.74 Å². The summed E-state index contributed by atoms with van der Waals surface area (Å²) in [7, 11) is 1.45. The van der Waals surface area contributed by atoms with Crippen LogP contribution in [0.5, 0.6) is 5.75 Å². The largest absolute Gasteiger partial charge is 0.496 e. The van der Waals surface area contributed by atoms with Crippen LogP contribution in [-0.2, 0) is 0 Å². The summed E-state index contributed by atoms with van der Waals surface area (Å²) in [6.45, 7) is 0. The number of rotatable bonds is 4. The molecular weight excluding hydrogens is 264 g/mol. The van der Waals surface area contributed by atoms with E-state index in [0.29, 0.717) is 11.3 Å². The highest BCUT2D eigenvalue weighted by atomic mass is 16.6. The van der Waals surface area contributed by atoms with E-state index in [1.54, 1.807) is 24.3 Å². The van der Waals surface area contributed by atoms with Gasteiger partial charge >= 0.3 is 0 Å². The van der Waals surface area contributed by atoms with Gasteiger partial charge in [0, 0.05) is 11.6 Å². The van der Waals surface area contributed by atoms with Crippen molar-refractivity contribution in [3.8, 4) is 16.9 Å². The molecule has 0 N–H and O–H groups in total. The average Bonchev–Trinajstić information content (AvgIpc) is 2.46. The van der Waals surface area contributed by atoms with E-state index >= 15 is 0 Å². The van der Waals surface area contributed by atoms with Crippen molar-refractivity contribution in [2.24, 2.45) is 0 Å². The molecule has 2 aromatic rings. The van der Waals surface area contributed by atoms with Gasteiger partial charge in [0.15, 0.2) is 0 Å². The van der Waals surface area contributed by atoms with Crippen molar-refractivity contribution in [1.29, 1.82) is 0 Å². The van der Waals surface area contributed by atoms with E-state index in [-0.39, 0.29) is 16.9 Å². The lowest BCUT2D eigenvalue weighted by molar-refractivity contribution is -0.393. The summed E-state index contributed by atoms with van der Waals surface area (Å²) < 4.78 is 5.16. The molecule has 7 nitrogen and oxygen atoms in total. The van der Waals surface area contributed by atoms with E-state index in [1.165, 1.54) is 19.2 Å². The molecular formula is C13H10N2O5. The molecule has 0 fully saturated rings. The SMILES string of the molecule is COc1ccccc1-c1ccc([N+](=O)[O-])cc1[N+](=O)[O-]. The van der Waals surface area contributed by atoms with Gasteiger partial charge in [0.2, 0.25) is 0 Å². The van der Waals surface area contributed by atoms with E-state index in [4.69, 9.17) is 4.74 Å². The molecule has 0 aliphatic rings. The first-order valence-electron chi connectivity index (χ1n) is 5.61. The molecule has 0 radical (unpaired) electrons. The van der Waals surface area contributed by atoms with Crippen LogP contribution in [0.15, 0.2) is 42.5 Å². The summed E-state index contributed by atoms with van der Waals surface area (Å²) >= 11 is 0. The number of non-ortho nitro benzene ring substituents is 1. The van der Waals surface area contributed by atoms with E-state index in [1.807, 2.05) is 0 Å². The Kier molecular flexibility index (Phi) is 3.60. The summed E-state index contributed by atoms with van der Waals surface area (Å²) in [6, 6.07) is 10.3. The van der Waals surface area contributed by atoms with Crippen molar-refractivity contribution >= 4 is 11.4 Å². The molecule has 20 heavy (non-hydrogen) atoms. The number of ether oxygens (including phenoxy) is 1. The molecule has 0 atom stereocenters. The first kappa shape index (κ1) is 13.5. The van der Waals surface area contributed by atoms with E-state index in [0.717, 1.165) is 6.07 Å². The average molecular weight is 274 g/mol. The lowest BCUT2D eigenvalue weighted by atomic mass is 10.0. The van der Waals surface area contributed by atoms with Crippen molar-refractivity contribution in [2.45, 2.75) is 0 Å². The summed E-state index contributed by atoms with van der Waals surface area (Å²) in [4.78, 5) is 20.5. The highest BCUT2D eigenvalue weighted by molar-refractivity contribution is 5.79. The number of benzene rings is 2. The van der Waals surface area contributed by atoms with Crippen LogP contribution >= 0.6 is 0 Å². The number of nitro groups is 2. The van der Waals surface area contributed by atoms with Gasteiger partial charge in [0.1, 0.15) is 5.75 Å². The van der Waals surface area contributed by atoms with E-state index < -0.39 is 9.85 Å². The quantitative estimate of drug-likeness (QED) is 0.630. The number of hydrogen-bond donors (Lipinski definition) is 0. The van der Waals surface area contributed by atoms with Crippen molar-refractivity contribution in [1.82, 2.24) is 0 Å². The molecule has 0 spiro atoms. The zero-order chi connectivity index (χ0) is 14.7. The summed E-state index contributed by atoms with van der Waals surface area (Å²) in [5.74, 6) is 0.462. The molecule has 0 saturated carbocycles. The Morgan fingerprint density at radius 1 is 0.950 bits per heavy atom. The zero-order valence-corrected chi connectivity index (χ0v) is 10.5. The maximum Gasteiger partial charge on any atom is 0.284 e. The van der Waals surface area contributed by atoms with Crippen LogP contribution in [0.25, 0.3) is 11.1 Å². The molecule has 0 bridgehead atoms. The molecule has 0 aliphatic heterocycles. The minimum Gasteiger partial charge on any atom is -0.496 e. The first-order chi connectivity index (χ1) is 9.54. The van der Waals surface area contributed by atoms with Gasteiger partial charge in [-0.2, -0.15) is 0 Å². The molecule has 0 heterocycles. The van der Waals surface area contributed by atoms with Gasteiger partial charge in [0.25, 0.3) is 11.4 Å². The predicted octanol–water partition coefficient (Wildman–Crippen LogP) is 3.18. The van der Waals surface area contributed by atoms with Gasteiger partial charge in [-0.3, -0.25) is 20.2 Å². The van der Waals surface area contributed by atoms with Crippen molar-refractivity contribution in [3.63, 3.8) is 0 Å². The fourth-order valence-corrected chi connectivity index (χ4v) is 1.88. The highest BCUT2D eigenvalue weighted by Crippen LogP contribution is 2.37. The smallest absolute Gasteiger partial charge is 0.284 e. The molecule has 0 unspecified atom stereocenters. The summed E-state index contributed by atoms with van der Waals surface area (Å²) in [5.41, 5.74) is 0.133. The minimum absolute atomic E-state index is 0.276. The van der Waals surface area contributed by atoms with E-state index in [9.17, 15) is 20.2 Å². The first-order valence-corrected chi connectivity index (χ1v) is 5.61. The topological polar surface area (TPSA) is 95.5 Å². The van der Waals surface area contributed by atoms with E-state index in [2.05, 4.69) is 0 Å². The molecule has 2 rings (SSSR count). The molecule has 0 aromatic heterocycles. The lowest BCUT2D eigenvalue weighted by Crippen LogP contribution is -1.96. The van der Waals surface area contributed by atoms with Crippen LogP contribution in [-0.4, -0.2) is 17.0 Å². The third-order valence-electron chi connectivity index (χ3n) is 2.79. The Morgan fingerprint density at radius 2 is 1.65 bits per heavy atom. The normalized spacial score (nSPS) is 10.1. The van der Waals surface area contributed by atoms with Crippen LogP contribution in [0.4, 0.5) is 11.4 Å². The fraction of sp³-hybridized carbons (Fsp3) is 0.0769. The molecule has 0 amide bonds. The fourth-order valence-electron chi connectivity index (χ4n) is 1.88. The second-order valence-corrected chi connectivity index (χ2v) is 3.92. The van der Waals surface area contributed by atoms with Crippen LogP contribution in [0, 0.1) is 20.2 Å².